The zero-order chi connectivity index (χ0) is 29.0. The number of hydrogen-bond acceptors (Lipinski definition) is 9. The highest BCUT2D eigenvalue weighted by Crippen LogP contribution is 1.96. The van der Waals surface area contributed by atoms with E-state index in [4.69, 9.17) is 0 Å². The molecule has 0 fully saturated rings. The number of rotatable bonds is 16. The summed E-state index contributed by atoms with van der Waals surface area (Å²) >= 11 is 0. The number of amides is 5. The molecule has 5 amide bonds. The maximum absolute atomic E-state index is 11.6. The van der Waals surface area contributed by atoms with Crippen molar-refractivity contribution in [2.24, 2.45) is 0 Å². The molecule has 37 heavy (non-hydrogen) atoms. The summed E-state index contributed by atoms with van der Waals surface area (Å²) in [7, 11) is 0. The summed E-state index contributed by atoms with van der Waals surface area (Å²) in [6.45, 7) is 10.3. The van der Waals surface area contributed by atoms with Gasteiger partial charge in [-0.05, 0) is 34.2 Å². The van der Waals surface area contributed by atoms with E-state index in [2.05, 4.69) is 31.9 Å². The van der Waals surface area contributed by atoms with Crippen molar-refractivity contribution in [2.75, 3.05) is 19.9 Å². The van der Waals surface area contributed by atoms with Crippen LogP contribution in [0.25, 0.3) is 0 Å². The highest BCUT2D eigenvalue weighted by Gasteiger charge is 2.20. The van der Waals surface area contributed by atoms with Crippen molar-refractivity contribution in [3.8, 4) is 0 Å². The molecule has 0 radical (unpaired) electrons. The maximum Gasteiger partial charge on any atom is 0.230 e. The van der Waals surface area contributed by atoms with Gasteiger partial charge in [0.2, 0.25) is 29.5 Å². The van der Waals surface area contributed by atoms with Gasteiger partial charge in [-0.15, -0.1) is 0 Å². The summed E-state index contributed by atoms with van der Waals surface area (Å²) in [5.74, 6) is -2.96. The molecule has 0 rings (SSSR count). The molecular weight excluding hydrogens is 488 g/mol. The van der Waals surface area contributed by atoms with Crippen molar-refractivity contribution in [3.05, 3.63) is 0 Å². The first kappa shape index (κ1) is 35.5. The average molecular weight is 529 g/mol. The lowest BCUT2D eigenvalue weighted by molar-refractivity contribution is -0.132. The number of Topliss-reactive ketones (excluding diaryl/α,β-unsaturated/α-hetero) is 3. The first-order valence-corrected chi connectivity index (χ1v) is 11.7. The van der Waals surface area contributed by atoms with Crippen LogP contribution in [0.1, 0.15) is 73.6 Å². The van der Waals surface area contributed by atoms with Gasteiger partial charge in [0.25, 0.3) is 0 Å². The molecule has 0 aromatic carbocycles. The van der Waals surface area contributed by atoms with Crippen LogP contribution in [0.2, 0.25) is 0 Å². The molecule has 14 heteroatoms. The minimum absolute atomic E-state index is 0.0675. The number of hydrogen-bond donors (Lipinski definition) is 6. The average Bonchev–Trinajstić information content (AvgIpc) is 2.72. The van der Waals surface area contributed by atoms with Gasteiger partial charge < -0.3 is 26.6 Å². The highest BCUT2D eigenvalue weighted by molar-refractivity contribution is 5.99. The third-order valence-corrected chi connectivity index (χ3v) is 4.11. The maximum atomic E-state index is 11.6. The molecule has 0 unspecified atom stereocenters. The first-order valence-electron chi connectivity index (χ1n) is 11.7. The Balaban J connectivity index is 0. The molecule has 0 aliphatic carbocycles. The Hall–Kier alpha value is -3.68. The fraction of sp³-hybridized carbons (Fsp3) is 0.652. The van der Waals surface area contributed by atoms with Crippen molar-refractivity contribution < 1.29 is 38.4 Å². The largest absolute Gasteiger partial charge is 0.338 e. The third-order valence-electron chi connectivity index (χ3n) is 4.11. The van der Waals surface area contributed by atoms with Gasteiger partial charge in [0.15, 0.2) is 0 Å². The Morgan fingerprint density at radius 2 is 0.946 bits per heavy atom. The second-order valence-electron chi connectivity index (χ2n) is 8.46. The topological polar surface area (TPSA) is 209 Å². The SMILES string of the molecule is CCC(=O)CC(=O)NCNC(=O)CC(C)=O.CCNC(C)(C)NC(=O)CC(=O)NCNC(=O)CC(C)=O. The van der Waals surface area contributed by atoms with E-state index < -0.39 is 35.2 Å². The molecular formula is C23H40N6O8. The van der Waals surface area contributed by atoms with Crippen LogP contribution >= 0.6 is 0 Å². The highest BCUT2D eigenvalue weighted by atomic mass is 16.2. The Bertz CT molecular complexity index is 841. The molecule has 0 heterocycles. The van der Waals surface area contributed by atoms with Crippen molar-refractivity contribution in [3.63, 3.8) is 0 Å². The summed E-state index contributed by atoms with van der Waals surface area (Å²) in [5, 5.41) is 15.1. The molecule has 14 nitrogen and oxygen atoms in total. The molecule has 210 valence electrons. The van der Waals surface area contributed by atoms with Gasteiger partial charge in [-0.3, -0.25) is 43.7 Å². The van der Waals surface area contributed by atoms with E-state index in [0.29, 0.717) is 13.0 Å². The van der Waals surface area contributed by atoms with Crippen LogP contribution in [-0.4, -0.2) is 72.4 Å². The van der Waals surface area contributed by atoms with E-state index in [1.54, 1.807) is 20.8 Å². The second kappa shape index (κ2) is 19.5. The molecule has 6 N–H and O–H groups in total. The lowest BCUT2D eigenvalue weighted by Crippen LogP contribution is -2.55. The van der Waals surface area contributed by atoms with Gasteiger partial charge in [-0.2, -0.15) is 0 Å². The van der Waals surface area contributed by atoms with Crippen LogP contribution in [0.4, 0.5) is 0 Å². The van der Waals surface area contributed by atoms with E-state index >= 15 is 0 Å². The van der Waals surface area contributed by atoms with E-state index in [1.807, 2.05) is 6.92 Å². The van der Waals surface area contributed by atoms with Crippen molar-refractivity contribution in [1.82, 2.24) is 31.9 Å². The Morgan fingerprint density at radius 1 is 0.568 bits per heavy atom. The molecule has 0 atom stereocenters. The standard InChI is InChI=1S/C13H24N4O4.C10H16N2O4/c1-5-16-13(3,4)17-12(21)7-11(20)15-8-14-10(19)6-9(2)18;1-3-8(14)5-10(16)12-6-11-9(15)4-7(2)13/h16H,5-8H2,1-4H3,(H,14,19)(H,15,20)(H,17,21);3-6H2,1-2H3,(H,11,15)(H,12,16). The lowest BCUT2D eigenvalue weighted by atomic mass is 10.2. The molecule has 0 aromatic rings. The van der Waals surface area contributed by atoms with Gasteiger partial charge in [0, 0.05) is 6.42 Å². The van der Waals surface area contributed by atoms with Gasteiger partial charge in [0.1, 0.15) is 23.8 Å². The number of carbonyl (C=O) groups excluding carboxylic acids is 8. The van der Waals surface area contributed by atoms with Gasteiger partial charge in [-0.1, -0.05) is 13.8 Å². The molecule has 0 bridgehead atoms. The summed E-state index contributed by atoms with van der Waals surface area (Å²) in [4.78, 5) is 88.4. The summed E-state index contributed by atoms with van der Waals surface area (Å²) in [5.41, 5.74) is -0.595. The van der Waals surface area contributed by atoms with Crippen LogP contribution in [-0.2, 0) is 38.4 Å². The molecule has 0 saturated heterocycles. The Morgan fingerprint density at radius 3 is 1.30 bits per heavy atom. The van der Waals surface area contributed by atoms with Crippen molar-refractivity contribution >= 4 is 46.9 Å². The van der Waals surface area contributed by atoms with Crippen LogP contribution < -0.4 is 31.9 Å². The van der Waals surface area contributed by atoms with E-state index in [-0.39, 0.29) is 56.4 Å². The van der Waals surface area contributed by atoms with E-state index in [9.17, 15) is 38.4 Å². The number of carbonyl (C=O) groups is 8. The van der Waals surface area contributed by atoms with Crippen LogP contribution in [0.5, 0.6) is 0 Å². The molecule has 0 aliphatic rings. The van der Waals surface area contributed by atoms with Crippen molar-refractivity contribution in [1.29, 1.82) is 0 Å². The van der Waals surface area contributed by atoms with Gasteiger partial charge >= 0.3 is 0 Å². The number of ketones is 3. The van der Waals surface area contributed by atoms with Crippen LogP contribution in [0, 0.1) is 0 Å². The monoisotopic (exact) mass is 528 g/mol. The summed E-state index contributed by atoms with van der Waals surface area (Å²) < 4.78 is 0. The zero-order valence-corrected chi connectivity index (χ0v) is 22.4. The predicted octanol–water partition coefficient (Wildman–Crippen LogP) is -1.47. The van der Waals surface area contributed by atoms with Gasteiger partial charge in [0.05, 0.1) is 38.3 Å². The first-order chi connectivity index (χ1) is 17.1. The van der Waals surface area contributed by atoms with Crippen molar-refractivity contribution in [2.45, 2.75) is 79.3 Å². The Kier molecular flexibility index (Phi) is 18.7. The summed E-state index contributed by atoms with van der Waals surface area (Å²) in [6, 6.07) is 0. The lowest BCUT2D eigenvalue weighted by Gasteiger charge is -2.27. The predicted molar refractivity (Wildman–Crippen MR) is 133 cm³/mol. The molecule has 0 aromatic heterocycles. The number of nitrogens with one attached hydrogen (secondary N) is 6. The zero-order valence-electron chi connectivity index (χ0n) is 22.4. The molecule has 0 spiro atoms. The molecule has 0 aliphatic heterocycles. The van der Waals surface area contributed by atoms with Gasteiger partial charge in [-0.25, -0.2) is 0 Å². The summed E-state index contributed by atoms with van der Waals surface area (Å²) in [6.07, 6.45) is -0.641. The quantitative estimate of drug-likeness (QED) is 0.102. The smallest absolute Gasteiger partial charge is 0.230 e. The van der Waals surface area contributed by atoms with Crippen LogP contribution in [0.3, 0.4) is 0 Å². The minimum Gasteiger partial charge on any atom is -0.338 e. The van der Waals surface area contributed by atoms with Crippen LogP contribution in [0.15, 0.2) is 0 Å². The normalized spacial score (nSPS) is 10.1. The van der Waals surface area contributed by atoms with E-state index in [0.717, 1.165) is 0 Å². The van der Waals surface area contributed by atoms with E-state index in [1.165, 1.54) is 13.8 Å². The second-order valence-corrected chi connectivity index (χ2v) is 8.46. The fourth-order valence-electron chi connectivity index (χ4n) is 2.51. The Labute approximate surface area is 216 Å². The fourth-order valence-corrected chi connectivity index (χ4v) is 2.51. The third kappa shape index (κ3) is 23.8. The molecule has 0 saturated carbocycles. The minimum atomic E-state index is -0.595.